The predicted molar refractivity (Wildman–Crippen MR) is 74.0 cm³/mol. The molecule has 1 aliphatic carbocycles. The van der Waals surface area contributed by atoms with Crippen molar-refractivity contribution in [2.24, 2.45) is 5.92 Å². The molecule has 1 unspecified atom stereocenters. The Balaban J connectivity index is 2.14. The lowest BCUT2D eigenvalue weighted by Crippen LogP contribution is -2.20. The monoisotopic (exact) mass is 248 g/mol. The van der Waals surface area contributed by atoms with Gasteiger partial charge in [0.05, 0.1) is 0 Å². The highest BCUT2D eigenvalue weighted by Gasteiger charge is 2.19. The molecule has 2 nitrogen and oxygen atoms in total. The van der Waals surface area contributed by atoms with Crippen LogP contribution in [0.4, 0.5) is 0 Å². The lowest BCUT2D eigenvalue weighted by Gasteiger charge is -2.23. The van der Waals surface area contributed by atoms with Crippen LogP contribution in [0.2, 0.25) is 0 Å². The fourth-order valence-corrected chi connectivity index (χ4v) is 2.33. The zero-order valence-corrected chi connectivity index (χ0v) is 11.1. The van der Waals surface area contributed by atoms with Gasteiger partial charge in [-0.2, -0.15) is 0 Å². The summed E-state index contributed by atoms with van der Waals surface area (Å²) in [6, 6.07) is 0. The van der Waals surface area contributed by atoms with Gasteiger partial charge in [-0.3, -0.25) is 0 Å². The van der Waals surface area contributed by atoms with E-state index in [4.69, 9.17) is 0 Å². The summed E-state index contributed by atoms with van der Waals surface area (Å²) < 4.78 is 0. The van der Waals surface area contributed by atoms with E-state index in [2.05, 4.69) is 11.8 Å². The highest BCUT2D eigenvalue weighted by molar-refractivity contribution is 5.48. The van der Waals surface area contributed by atoms with Crippen LogP contribution in [0.1, 0.15) is 57.8 Å². The van der Waals surface area contributed by atoms with Gasteiger partial charge >= 0.3 is 0 Å². The van der Waals surface area contributed by atoms with E-state index in [-0.39, 0.29) is 0 Å². The Morgan fingerprint density at radius 3 is 2.61 bits per heavy atom. The summed E-state index contributed by atoms with van der Waals surface area (Å²) in [6.07, 6.45) is 13.9. The average Bonchev–Trinajstić information content (AvgIpc) is 2.42. The lowest BCUT2D eigenvalue weighted by molar-refractivity contribution is -0.107. The number of hydrogen-bond acceptors (Lipinski definition) is 2. The smallest absolute Gasteiger partial charge is 0.119 e. The maximum atomic E-state index is 10.1. The van der Waals surface area contributed by atoms with Crippen molar-refractivity contribution >= 4 is 6.29 Å². The first-order valence-corrected chi connectivity index (χ1v) is 7.12. The Hall–Kier alpha value is -1.07. The van der Waals surface area contributed by atoms with Gasteiger partial charge in [0.1, 0.15) is 12.4 Å². The molecule has 0 radical (unpaired) electrons. The first-order valence-electron chi connectivity index (χ1n) is 7.12. The lowest BCUT2D eigenvalue weighted by atomic mass is 9.85. The van der Waals surface area contributed by atoms with E-state index in [1.165, 1.54) is 19.3 Å². The van der Waals surface area contributed by atoms with Gasteiger partial charge in [0.25, 0.3) is 0 Å². The van der Waals surface area contributed by atoms with Crippen LogP contribution in [-0.4, -0.2) is 17.5 Å². The van der Waals surface area contributed by atoms with Crippen LogP contribution in [0, 0.1) is 17.8 Å². The Morgan fingerprint density at radius 1 is 1.17 bits per heavy atom. The van der Waals surface area contributed by atoms with Crippen molar-refractivity contribution < 1.29 is 9.90 Å². The van der Waals surface area contributed by atoms with Crippen molar-refractivity contribution in [1.82, 2.24) is 0 Å². The molecule has 1 fully saturated rings. The summed E-state index contributed by atoms with van der Waals surface area (Å²) in [4.78, 5) is 10.1. The van der Waals surface area contributed by atoms with E-state index in [1.807, 2.05) is 12.2 Å². The molecular weight excluding hydrogens is 224 g/mol. The zero-order chi connectivity index (χ0) is 13.1. The van der Waals surface area contributed by atoms with E-state index in [0.717, 1.165) is 38.4 Å². The van der Waals surface area contributed by atoms with Crippen LogP contribution in [-0.2, 0) is 4.79 Å². The van der Waals surface area contributed by atoms with Crippen LogP contribution in [0.25, 0.3) is 0 Å². The van der Waals surface area contributed by atoms with E-state index >= 15 is 0 Å². The number of carbonyl (C=O) groups excluding carboxylic acids is 1. The van der Waals surface area contributed by atoms with Crippen molar-refractivity contribution in [2.75, 3.05) is 0 Å². The minimum Gasteiger partial charge on any atom is -0.380 e. The molecule has 0 aromatic rings. The van der Waals surface area contributed by atoms with Gasteiger partial charge in [-0.1, -0.05) is 37.2 Å². The Bertz CT molecular complexity index is 303. The fraction of sp³-hybridized carbons (Fsp3) is 0.688. The maximum Gasteiger partial charge on any atom is 0.119 e. The number of carbonyl (C=O) groups is 1. The van der Waals surface area contributed by atoms with Gasteiger partial charge < -0.3 is 9.90 Å². The first kappa shape index (κ1) is 15.0. The molecule has 0 bridgehead atoms. The SMILES string of the molecule is O=CCCCCC=CC#CC(O)C1CCCCC1. The normalized spacial score (nSPS) is 18.3. The molecule has 0 aromatic heterocycles. The zero-order valence-electron chi connectivity index (χ0n) is 11.1. The standard InChI is InChI=1S/C16H24O2/c17-14-10-5-3-1-2-4-9-13-16(18)15-11-7-6-8-12-15/h2,4,14-16,18H,1,3,5-8,10-12H2. The van der Waals surface area contributed by atoms with Crippen LogP contribution >= 0.6 is 0 Å². The van der Waals surface area contributed by atoms with E-state index in [9.17, 15) is 9.90 Å². The molecule has 0 amide bonds. The number of aliphatic hydroxyl groups excluding tert-OH is 1. The van der Waals surface area contributed by atoms with Crippen LogP contribution in [0.5, 0.6) is 0 Å². The minimum absolute atomic E-state index is 0.382. The second kappa shape index (κ2) is 9.91. The van der Waals surface area contributed by atoms with Crippen molar-refractivity contribution in [1.29, 1.82) is 0 Å². The second-order valence-corrected chi connectivity index (χ2v) is 4.99. The average molecular weight is 248 g/mol. The van der Waals surface area contributed by atoms with Gasteiger partial charge in [-0.15, -0.1) is 0 Å². The molecule has 0 saturated heterocycles. The molecule has 1 rings (SSSR count). The second-order valence-electron chi connectivity index (χ2n) is 4.99. The number of aldehydes is 1. The molecule has 0 heterocycles. The third-order valence-electron chi connectivity index (χ3n) is 3.47. The first-order chi connectivity index (χ1) is 8.84. The number of hydrogen-bond donors (Lipinski definition) is 1. The van der Waals surface area contributed by atoms with Gasteiger partial charge in [0, 0.05) is 6.42 Å². The topological polar surface area (TPSA) is 37.3 Å². The molecule has 1 atom stereocenters. The summed E-state index contributed by atoms with van der Waals surface area (Å²) in [5.74, 6) is 6.22. The predicted octanol–water partition coefficient (Wildman–Crippen LogP) is 3.25. The summed E-state index contributed by atoms with van der Waals surface area (Å²) in [7, 11) is 0. The minimum atomic E-state index is -0.454. The molecular formula is C16H24O2. The van der Waals surface area contributed by atoms with Crippen LogP contribution < -0.4 is 0 Å². The van der Waals surface area contributed by atoms with E-state index < -0.39 is 6.10 Å². The Kier molecular flexibility index (Phi) is 8.25. The van der Waals surface area contributed by atoms with Crippen LogP contribution in [0.15, 0.2) is 12.2 Å². The largest absolute Gasteiger partial charge is 0.380 e. The molecule has 100 valence electrons. The molecule has 0 aromatic carbocycles. The van der Waals surface area contributed by atoms with Crippen molar-refractivity contribution in [3.05, 3.63) is 12.2 Å². The third kappa shape index (κ3) is 6.61. The molecule has 1 saturated carbocycles. The van der Waals surface area contributed by atoms with Crippen LogP contribution in [0.3, 0.4) is 0 Å². The van der Waals surface area contributed by atoms with Crippen molar-refractivity contribution in [2.45, 2.75) is 63.9 Å². The van der Waals surface area contributed by atoms with Gasteiger partial charge in [-0.25, -0.2) is 0 Å². The van der Waals surface area contributed by atoms with Gasteiger partial charge in [0.15, 0.2) is 0 Å². The Morgan fingerprint density at radius 2 is 1.89 bits per heavy atom. The van der Waals surface area contributed by atoms with E-state index in [1.54, 1.807) is 0 Å². The number of aliphatic hydroxyl groups is 1. The maximum absolute atomic E-state index is 10.1. The van der Waals surface area contributed by atoms with Crippen molar-refractivity contribution in [3.63, 3.8) is 0 Å². The fourth-order valence-electron chi connectivity index (χ4n) is 2.33. The molecule has 18 heavy (non-hydrogen) atoms. The molecule has 1 aliphatic rings. The summed E-state index contributed by atoms with van der Waals surface area (Å²) >= 11 is 0. The quantitative estimate of drug-likeness (QED) is 0.445. The summed E-state index contributed by atoms with van der Waals surface area (Å²) in [5.41, 5.74) is 0. The molecule has 0 spiro atoms. The Labute approximate surface area is 110 Å². The van der Waals surface area contributed by atoms with Gasteiger partial charge in [0.2, 0.25) is 0 Å². The summed E-state index contributed by atoms with van der Waals surface area (Å²) in [6.45, 7) is 0. The molecule has 0 aliphatic heterocycles. The highest BCUT2D eigenvalue weighted by Crippen LogP contribution is 2.26. The molecule has 2 heteroatoms. The number of allylic oxidation sites excluding steroid dienone is 2. The third-order valence-corrected chi connectivity index (χ3v) is 3.47. The molecule has 1 N–H and O–H groups in total. The van der Waals surface area contributed by atoms with E-state index in [0.29, 0.717) is 12.3 Å². The van der Waals surface area contributed by atoms with Gasteiger partial charge in [-0.05, 0) is 44.1 Å². The number of rotatable bonds is 6. The highest BCUT2D eigenvalue weighted by atomic mass is 16.3. The summed E-state index contributed by atoms with van der Waals surface area (Å²) in [5, 5.41) is 9.90. The van der Waals surface area contributed by atoms with Crippen molar-refractivity contribution in [3.8, 4) is 11.8 Å². The number of unbranched alkanes of at least 4 members (excludes halogenated alkanes) is 3.